The molecule has 2 heterocycles. The second-order valence-electron chi connectivity index (χ2n) is 7.69. The van der Waals surface area contributed by atoms with E-state index in [1.807, 2.05) is 19.1 Å². The van der Waals surface area contributed by atoms with Gasteiger partial charge in [-0.25, -0.2) is 9.97 Å². The maximum Gasteiger partial charge on any atom is 0.136 e. The summed E-state index contributed by atoms with van der Waals surface area (Å²) in [5, 5.41) is 10.9. The number of halogens is 1. The van der Waals surface area contributed by atoms with Crippen molar-refractivity contribution in [3.8, 4) is 0 Å². The van der Waals surface area contributed by atoms with Crippen LogP contribution in [0.25, 0.3) is 0 Å². The van der Waals surface area contributed by atoms with E-state index in [1.165, 1.54) is 11.1 Å². The number of aliphatic hydroxyl groups excluding tert-OH is 1. The summed E-state index contributed by atoms with van der Waals surface area (Å²) in [5.74, 6) is 1.86. The zero-order valence-corrected chi connectivity index (χ0v) is 17.9. The lowest BCUT2D eigenvalue weighted by Gasteiger charge is -2.37. The molecule has 0 unspecified atom stereocenters. The summed E-state index contributed by atoms with van der Waals surface area (Å²) in [5.41, 5.74) is 3.44. The number of hydrogen-bond donors (Lipinski definition) is 1. The lowest BCUT2D eigenvalue weighted by Crippen LogP contribution is -2.49. The van der Waals surface area contributed by atoms with Crippen molar-refractivity contribution < 1.29 is 5.11 Å². The molecule has 3 rings (SSSR count). The Morgan fingerprint density at radius 3 is 2.39 bits per heavy atom. The van der Waals surface area contributed by atoms with Crippen molar-refractivity contribution in [3.05, 3.63) is 51.9 Å². The summed E-state index contributed by atoms with van der Waals surface area (Å²) in [6.45, 7) is 10.6. The van der Waals surface area contributed by atoms with Crippen LogP contribution in [-0.2, 0) is 6.42 Å². The number of aryl methyl sites for hydroxylation is 2. The zero-order chi connectivity index (χ0) is 20.1. The van der Waals surface area contributed by atoms with Gasteiger partial charge in [0.1, 0.15) is 11.6 Å². The highest BCUT2D eigenvalue weighted by Gasteiger charge is 2.23. The molecule has 28 heavy (non-hydrogen) atoms. The highest BCUT2D eigenvalue weighted by atomic mass is 35.5. The number of β-amino-alcohol motifs (C(OH)–C–C–N with tert-alkyl or cyclic N) is 1. The largest absolute Gasteiger partial charge is 0.392 e. The van der Waals surface area contributed by atoms with Crippen LogP contribution in [0.2, 0.25) is 5.02 Å². The van der Waals surface area contributed by atoms with Gasteiger partial charge in [0.2, 0.25) is 0 Å². The molecule has 0 aliphatic carbocycles. The number of hydrogen-bond acceptors (Lipinski definition) is 5. The van der Waals surface area contributed by atoms with Gasteiger partial charge in [-0.2, -0.15) is 0 Å². The maximum absolute atomic E-state index is 10.1. The summed E-state index contributed by atoms with van der Waals surface area (Å²) < 4.78 is 0. The van der Waals surface area contributed by atoms with Gasteiger partial charge in [-0.1, -0.05) is 37.1 Å². The van der Waals surface area contributed by atoms with E-state index >= 15 is 0 Å². The van der Waals surface area contributed by atoms with Gasteiger partial charge < -0.3 is 10.0 Å². The first kappa shape index (κ1) is 21.0. The molecule has 0 saturated carbocycles. The Bertz CT molecular complexity index is 773. The highest BCUT2D eigenvalue weighted by molar-refractivity contribution is 6.30. The summed E-state index contributed by atoms with van der Waals surface area (Å²) in [6.07, 6.45) is 2.47. The SMILES string of the molecule is CCC[C@H](O)CN1CCN(c2nc(C)nc(C)c2Cc2ccc(Cl)cc2)CC1. The monoisotopic (exact) mass is 402 g/mol. The molecule has 1 aliphatic heterocycles. The van der Waals surface area contributed by atoms with Crippen molar-refractivity contribution in [2.75, 3.05) is 37.6 Å². The molecule has 1 aromatic heterocycles. The van der Waals surface area contributed by atoms with Gasteiger partial charge in [-0.15, -0.1) is 0 Å². The van der Waals surface area contributed by atoms with E-state index < -0.39 is 0 Å². The highest BCUT2D eigenvalue weighted by Crippen LogP contribution is 2.25. The molecule has 1 aliphatic rings. The Morgan fingerprint density at radius 2 is 1.75 bits per heavy atom. The van der Waals surface area contributed by atoms with Gasteiger partial charge in [0.25, 0.3) is 0 Å². The standard InChI is InChI=1S/C22H31ClN4O/c1-4-5-20(28)15-26-10-12-27(13-11-26)22-21(16(2)24-17(3)25-22)14-18-6-8-19(23)9-7-18/h6-9,20,28H,4-5,10-15H2,1-3H3/t20-/m0/s1. The fraction of sp³-hybridized carbons (Fsp3) is 0.545. The summed E-state index contributed by atoms with van der Waals surface area (Å²) in [7, 11) is 0. The van der Waals surface area contributed by atoms with E-state index in [4.69, 9.17) is 16.6 Å². The van der Waals surface area contributed by atoms with E-state index in [0.717, 1.165) is 74.3 Å². The van der Waals surface area contributed by atoms with E-state index in [0.29, 0.717) is 0 Å². The number of aliphatic hydroxyl groups is 1. The molecule has 1 aromatic carbocycles. The second kappa shape index (κ2) is 9.68. The molecular formula is C22H31ClN4O. The van der Waals surface area contributed by atoms with E-state index in [-0.39, 0.29) is 6.10 Å². The van der Waals surface area contributed by atoms with Gasteiger partial charge in [0, 0.05) is 55.4 Å². The third kappa shape index (κ3) is 5.43. The number of rotatable bonds is 7. The summed E-state index contributed by atoms with van der Waals surface area (Å²) >= 11 is 6.03. The van der Waals surface area contributed by atoms with E-state index in [2.05, 4.69) is 40.8 Å². The molecule has 5 nitrogen and oxygen atoms in total. The predicted molar refractivity (Wildman–Crippen MR) is 115 cm³/mol. The van der Waals surface area contributed by atoms with Crippen molar-refractivity contribution in [2.45, 2.75) is 46.1 Å². The van der Waals surface area contributed by atoms with Crippen LogP contribution >= 0.6 is 11.6 Å². The minimum Gasteiger partial charge on any atom is -0.392 e. The predicted octanol–water partition coefficient (Wildman–Crippen LogP) is 3.62. The molecule has 1 fully saturated rings. The zero-order valence-electron chi connectivity index (χ0n) is 17.2. The molecule has 1 atom stereocenters. The molecule has 2 aromatic rings. The van der Waals surface area contributed by atoms with Crippen LogP contribution in [0.5, 0.6) is 0 Å². The second-order valence-corrected chi connectivity index (χ2v) is 8.13. The molecule has 1 saturated heterocycles. The number of aromatic nitrogens is 2. The molecular weight excluding hydrogens is 372 g/mol. The third-order valence-corrected chi connectivity index (χ3v) is 5.61. The lowest BCUT2D eigenvalue weighted by atomic mass is 10.0. The lowest BCUT2D eigenvalue weighted by molar-refractivity contribution is 0.101. The van der Waals surface area contributed by atoms with Crippen molar-refractivity contribution in [2.24, 2.45) is 0 Å². The Morgan fingerprint density at radius 1 is 1.07 bits per heavy atom. The van der Waals surface area contributed by atoms with Crippen LogP contribution in [0.15, 0.2) is 24.3 Å². The van der Waals surface area contributed by atoms with Crippen LogP contribution in [-0.4, -0.2) is 58.8 Å². The number of nitrogens with zero attached hydrogens (tertiary/aromatic N) is 4. The summed E-state index contributed by atoms with van der Waals surface area (Å²) in [4.78, 5) is 14.1. The first-order chi connectivity index (χ1) is 13.5. The molecule has 0 radical (unpaired) electrons. The number of benzene rings is 1. The minimum atomic E-state index is -0.222. The van der Waals surface area contributed by atoms with Crippen LogP contribution in [0.4, 0.5) is 5.82 Å². The van der Waals surface area contributed by atoms with Gasteiger partial charge in [0.05, 0.1) is 6.10 Å². The number of piperazine rings is 1. The molecule has 1 N–H and O–H groups in total. The van der Waals surface area contributed by atoms with Crippen molar-refractivity contribution in [3.63, 3.8) is 0 Å². The quantitative estimate of drug-likeness (QED) is 0.766. The first-order valence-corrected chi connectivity index (χ1v) is 10.6. The van der Waals surface area contributed by atoms with Gasteiger partial charge >= 0.3 is 0 Å². The molecule has 0 spiro atoms. The Labute approximate surface area is 173 Å². The van der Waals surface area contributed by atoms with Gasteiger partial charge in [0.15, 0.2) is 0 Å². The maximum atomic E-state index is 10.1. The minimum absolute atomic E-state index is 0.222. The first-order valence-electron chi connectivity index (χ1n) is 10.2. The third-order valence-electron chi connectivity index (χ3n) is 5.36. The van der Waals surface area contributed by atoms with Gasteiger partial charge in [-0.05, 0) is 38.0 Å². The fourth-order valence-electron chi connectivity index (χ4n) is 3.86. The number of anilines is 1. The van der Waals surface area contributed by atoms with Crippen LogP contribution in [0, 0.1) is 13.8 Å². The van der Waals surface area contributed by atoms with Crippen molar-refractivity contribution >= 4 is 17.4 Å². The van der Waals surface area contributed by atoms with Crippen LogP contribution < -0.4 is 4.90 Å². The normalized spacial score (nSPS) is 16.4. The average molecular weight is 403 g/mol. The smallest absolute Gasteiger partial charge is 0.136 e. The molecule has 0 amide bonds. The van der Waals surface area contributed by atoms with E-state index in [1.54, 1.807) is 0 Å². The Hall–Kier alpha value is -1.69. The van der Waals surface area contributed by atoms with Crippen LogP contribution in [0.1, 0.15) is 42.4 Å². The van der Waals surface area contributed by atoms with Crippen molar-refractivity contribution in [1.82, 2.24) is 14.9 Å². The molecule has 152 valence electrons. The molecule has 0 bridgehead atoms. The average Bonchev–Trinajstić information content (AvgIpc) is 2.66. The van der Waals surface area contributed by atoms with Crippen molar-refractivity contribution in [1.29, 1.82) is 0 Å². The Kier molecular flexibility index (Phi) is 7.27. The van der Waals surface area contributed by atoms with Crippen LogP contribution in [0.3, 0.4) is 0 Å². The fourth-order valence-corrected chi connectivity index (χ4v) is 3.98. The van der Waals surface area contributed by atoms with E-state index in [9.17, 15) is 5.11 Å². The Balaban J connectivity index is 1.74. The van der Waals surface area contributed by atoms with Gasteiger partial charge in [-0.3, -0.25) is 4.90 Å². The molecule has 6 heteroatoms. The summed E-state index contributed by atoms with van der Waals surface area (Å²) in [6, 6.07) is 8.00. The topological polar surface area (TPSA) is 52.5 Å².